The summed E-state index contributed by atoms with van der Waals surface area (Å²) in [4.78, 5) is 14.2. The average Bonchev–Trinajstić information content (AvgIpc) is 2.66. The van der Waals surface area contributed by atoms with Crippen LogP contribution in [0.25, 0.3) is 10.8 Å². The zero-order chi connectivity index (χ0) is 21.2. The van der Waals surface area contributed by atoms with E-state index in [4.69, 9.17) is 9.47 Å². The third kappa shape index (κ3) is 4.91. The fourth-order valence-electron chi connectivity index (χ4n) is 3.09. The van der Waals surface area contributed by atoms with Gasteiger partial charge in [-0.2, -0.15) is 0 Å². The molecule has 3 aromatic carbocycles. The van der Waals surface area contributed by atoms with Gasteiger partial charge < -0.3 is 9.47 Å². The van der Waals surface area contributed by atoms with Gasteiger partial charge in [-0.1, -0.05) is 48.5 Å². The van der Waals surface area contributed by atoms with Gasteiger partial charge in [-0.25, -0.2) is 4.79 Å². The van der Waals surface area contributed by atoms with E-state index in [0.29, 0.717) is 12.3 Å². The van der Waals surface area contributed by atoms with Crippen molar-refractivity contribution in [2.75, 3.05) is 11.9 Å². The molecule has 1 amide bonds. The Morgan fingerprint density at radius 3 is 2.41 bits per heavy atom. The van der Waals surface area contributed by atoms with Crippen LogP contribution in [0.3, 0.4) is 0 Å². The second kappa shape index (κ2) is 8.46. The Labute approximate surface area is 180 Å². The van der Waals surface area contributed by atoms with Crippen LogP contribution in [0.15, 0.2) is 59.1 Å². The molecule has 0 saturated heterocycles. The number of halogens is 1. The number of carbonyl (C=O) groups is 1. The van der Waals surface area contributed by atoms with Crippen LogP contribution in [0.5, 0.6) is 5.75 Å². The number of nitrogens with zero attached hydrogens (tertiary/aromatic N) is 1. The molecule has 0 N–H and O–H groups in total. The van der Waals surface area contributed by atoms with Gasteiger partial charge >= 0.3 is 6.09 Å². The predicted molar refractivity (Wildman–Crippen MR) is 122 cm³/mol. The highest BCUT2D eigenvalue weighted by molar-refractivity contribution is 9.10. The number of aryl methyl sites for hydroxylation is 1. The van der Waals surface area contributed by atoms with Gasteiger partial charge in [0.1, 0.15) is 18.0 Å². The van der Waals surface area contributed by atoms with Crippen molar-refractivity contribution < 1.29 is 14.3 Å². The van der Waals surface area contributed by atoms with E-state index >= 15 is 0 Å². The summed E-state index contributed by atoms with van der Waals surface area (Å²) in [5.41, 5.74) is 2.30. The van der Waals surface area contributed by atoms with Crippen molar-refractivity contribution in [1.82, 2.24) is 0 Å². The minimum atomic E-state index is -0.572. The van der Waals surface area contributed by atoms with Crippen molar-refractivity contribution >= 4 is 38.5 Å². The number of hydrogen-bond acceptors (Lipinski definition) is 3. The van der Waals surface area contributed by atoms with E-state index in [1.165, 1.54) is 4.90 Å². The maximum absolute atomic E-state index is 12.7. The second-order valence-electron chi connectivity index (χ2n) is 8.02. The Balaban J connectivity index is 2.05. The molecule has 0 saturated carbocycles. The van der Waals surface area contributed by atoms with E-state index in [-0.39, 0.29) is 0 Å². The van der Waals surface area contributed by atoms with Gasteiger partial charge in [0.25, 0.3) is 0 Å². The quantitative estimate of drug-likeness (QED) is 0.431. The Kier molecular flexibility index (Phi) is 6.18. The molecule has 5 heteroatoms. The van der Waals surface area contributed by atoms with Crippen LogP contribution in [-0.4, -0.2) is 18.7 Å². The molecule has 152 valence electrons. The molecule has 0 atom stereocenters. The molecule has 0 spiro atoms. The number of anilines is 1. The Hall–Kier alpha value is -2.53. The van der Waals surface area contributed by atoms with Crippen molar-refractivity contribution in [2.45, 2.75) is 39.9 Å². The molecule has 3 aromatic rings. The molecule has 4 nitrogen and oxygen atoms in total. The van der Waals surface area contributed by atoms with Gasteiger partial charge in [-0.3, -0.25) is 4.90 Å². The van der Waals surface area contributed by atoms with Crippen LogP contribution >= 0.6 is 15.9 Å². The number of amides is 1. The summed E-state index contributed by atoms with van der Waals surface area (Å²) < 4.78 is 12.6. The van der Waals surface area contributed by atoms with E-state index in [2.05, 4.69) is 15.9 Å². The largest absolute Gasteiger partial charge is 0.488 e. The van der Waals surface area contributed by atoms with Crippen LogP contribution in [0.1, 0.15) is 31.9 Å². The molecular formula is C24H26BrNO3. The number of benzene rings is 3. The number of carbonyl (C=O) groups excluding carboxylic acids is 1. The fraction of sp³-hybridized carbons (Fsp3) is 0.292. The lowest BCUT2D eigenvalue weighted by Gasteiger charge is -2.26. The van der Waals surface area contributed by atoms with Crippen LogP contribution < -0.4 is 9.64 Å². The Bertz CT molecular complexity index is 1030. The highest BCUT2D eigenvalue weighted by atomic mass is 79.9. The topological polar surface area (TPSA) is 38.8 Å². The number of fused-ring (bicyclic) bond motifs is 1. The molecule has 29 heavy (non-hydrogen) atoms. The van der Waals surface area contributed by atoms with Gasteiger partial charge in [0, 0.05) is 28.4 Å². The molecule has 0 fully saturated rings. The SMILES string of the molecule is Cc1cccc2c(OCc3ccccc3)cc(N(C)C(=O)OC(C)(C)C)c(Br)c12. The molecule has 3 rings (SSSR count). The Morgan fingerprint density at radius 2 is 1.76 bits per heavy atom. The molecule has 0 bridgehead atoms. The van der Waals surface area contributed by atoms with Crippen molar-refractivity contribution in [2.24, 2.45) is 0 Å². The lowest BCUT2D eigenvalue weighted by atomic mass is 10.0. The highest BCUT2D eigenvalue weighted by Gasteiger charge is 2.24. The molecule has 0 aliphatic rings. The first-order valence-electron chi connectivity index (χ1n) is 9.52. The van der Waals surface area contributed by atoms with Crippen LogP contribution in [0, 0.1) is 6.92 Å². The van der Waals surface area contributed by atoms with Gasteiger partial charge in [-0.15, -0.1) is 0 Å². The lowest BCUT2D eigenvalue weighted by molar-refractivity contribution is 0.0589. The first kappa shape index (κ1) is 21.2. The Morgan fingerprint density at radius 1 is 1.07 bits per heavy atom. The summed E-state index contributed by atoms with van der Waals surface area (Å²) >= 11 is 3.71. The van der Waals surface area contributed by atoms with Crippen molar-refractivity contribution in [1.29, 1.82) is 0 Å². The third-order valence-corrected chi connectivity index (χ3v) is 5.32. The summed E-state index contributed by atoms with van der Waals surface area (Å²) in [7, 11) is 1.71. The number of hydrogen-bond donors (Lipinski definition) is 0. The van der Waals surface area contributed by atoms with E-state index in [0.717, 1.165) is 32.1 Å². The first-order valence-corrected chi connectivity index (χ1v) is 10.3. The smallest absolute Gasteiger partial charge is 0.414 e. The van der Waals surface area contributed by atoms with Crippen LogP contribution in [-0.2, 0) is 11.3 Å². The maximum Gasteiger partial charge on any atom is 0.414 e. The molecule has 0 aromatic heterocycles. The zero-order valence-corrected chi connectivity index (χ0v) is 19.0. The molecule has 0 aliphatic carbocycles. The van der Waals surface area contributed by atoms with E-state index in [1.807, 2.05) is 82.3 Å². The summed E-state index contributed by atoms with van der Waals surface area (Å²) in [5.74, 6) is 0.723. The lowest BCUT2D eigenvalue weighted by Crippen LogP contribution is -2.34. The van der Waals surface area contributed by atoms with Crippen molar-refractivity contribution in [3.8, 4) is 5.75 Å². The normalized spacial score (nSPS) is 11.4. The summed E-state index contributed by atoms with van der Waals surface area (Å²) in [6.45, 7) is 8.05. The predicted octanol–water partition coefficient (Wildman–Crippen LogP) is 6.86. The van der Waals surface area contributed by atoms with Gasteiger partial charge in [0.05, 0.1) is 5.69 Å². The van der Waals surface area contributed by atoms with E-state index in [9.17, 15) is 4.79 Å². The molecule has 0 aliphatic heterocycles. The number of ether oxygens (including phenoxy) is 2. The summed E-state index contributed by atoms with van der Waals surface area (Å²) in [6.07, 6.45) is -0.417. The molecule has 0 heterocycles. The van der Waals surface area contributed by atoms with Gasteiger partial charge in [0.2, 0.25) is 0 Å². The maximum atomic E-state index is 12.7. The fourth-order valence-corrected chi connectivity index (χ4v) is 3.99. The first-order chi connectivity index (χ1) is 13.7. The van der Waals surface area contributed by atoms with E-state index in [1.54, 1.807) is 7.05 Å². The molecular weight excluding hydrogens is 430 g/mol. The van der Waals surface area contributed by atoms with E-state index < -0.39 is 11.7 Å². The summed E-state index contributed by atoms with van der Waals surface area (Å²) in [5, 5.41) is 2.01. The minimum absolute atomic E-state index is 0.417. The molecule has 0 unspecified atom stereocenters. The average molecular weight is 456 g/mol. The molecule has 0 radical (unpaired) electrons. The second-order valence-corrected chi connectivity index (χ2v) is 8.81. The monoisotopic (exact) mass is 455 g/mol. The van der Waals surface area contributed by atoms with Gasteiger partial charge in [0.15, 0.2) is 0 Å². The highest BCUT2D eigenvalue weighted by Crippen LogP contribution is 2.41. The van der Waals surface area contributed by atoms with Crippen LogP contribution in [0.4, 0.5) is 10.5 Å². The summed E-state index contributed by atoms with van der Waals surface area (Å²) in [6, 6.07) is 18.0. The standard InChI is InChI=1S/C24H26BrNO3/c1-16-10-9-13-18-20(28-15-17-11-7-6-8-12-17)14-19(22(25)21(16)18)26(5)23(27)29-24(2,3)4/h6-14H,15H2,1-5H3. The number of rotatable bonds is 4. The van der Waals surface area contributed by atoms with Gasteiger partial charge in [-0.05, 0) is 54.8 Å². The third-order valence-electron chi connectivity index (χ3n) is 4.52. The van der Waals surface area contributed by atoms with Crippen LogP contribution in [0.2, 0.25) is 0 Å². The minimum Gasteiger partial charge on any atom is -0.488 e. The van der Waals surface area contributed by atoms with Crippen molar-refractivity contribution in [3.05, 3.63) is 70.2 Å². The van der Waals surface area contributed by atoms with Crippen molar-refractivity contribution in [3.63, 3.8) is 0 Å². The zero-order valence-electron chi connectivity index (χ0n) is 17.5.